The van der Waals surface area contributed by atoms with Crippen LogP contribution in [-0.4, -0.2) is 78.2 Å². The van der Waals surface area contributed by atoms with Crippen LogP contribution in [0.2, 0.25) is 0 Å². The highest BCUT2D eigenvalue weighted by atomic mass is 32.1. The zero-order chi connectivity index (χ0) is 38.3. The van der Waals surface area contributed by atoms with Crippen molar-refractivity contribution < 1.29 is 18.6 Å². The number of hydrazine groups is 1. The SMILES string of the molecule is N/C(=C\N(N)C1CCN(CC(O)(Cn2cncn2)c2ccc(F)cc2F)CC1)c1cc2c(nc(N)c(=O)n2-c2ccc3c(c2)N(c2ccccc2)CCO3)s1. The number of benzene rings is 3. The molecule has 7 N–H and O–H groups in total. The van der Waals surface area contributed by atoms with Crippen molar-refractivity contribution in [1.82, 2.24) is 34.2 Å². The van der Waals surface area contributed by atoms with E-state index < -0.39 is 22.8 Å². The third-order valence-corrected chi connectivity index (χ3v) is 11.1. The number of aromatic nitrogens is 5. The lowest BCUT2D eigenvalue weighted by Gasteiger charge is -2.40. The average Bonchev–Trinajstić information content (AvgIpc) is 3.85. The molecular weight excluding hydrogens is 729 g/mol. The molecule has 0 amide bonds. The molecule has 0 aliphatic carbocycles. The first kappa shape index (κ1) is 36.1. The summed E-state index contributed by atoms with van der Waals surface area (Å²) in [6.45, 7) is 2.25. The van der Waals surface area contributed by atoms with E-state index in [2.05, 4.69) is 20.0 Å². The lowest BCUT2D eigenvalue weighted by Crippen LogP contribution is -2.51. The first-order valence-corrected chi connectivity index (χ1v) is 18.5. The maximum Gasteiger partial charge on any atom is 0.298 e. The van der Waals surface area contributed by atoms with Crippen molar-refractivity contribution >= 4 is 44.6 Å². The summed E-state index contributed by atoms with van der Waals surface area (Å²) in [6.07, 6.45) is 5.68. The maximum absolute atomic E-state index is 15.0. The Morgan fingerprint density at radius 2 is 1.84 bits per heavy atom. The van der Waals surface area contributed by atoms with Gasteiger partial charge in [0.05, 0.1) is 40.6 Å². The number of para-hydroxylation sites is 1. The highest BCUT2D eigenvalue weighted by molar-refractivity contribution is 7.19. The largest absolute Gasteiger partial charge is 0.490 e. The third-order valence-electron chi connectivity index (χ3n) is 10.1. The van der Waals surface area contributed by atoms with Gasteiger partial charge in [-0.3, -0.25) is 14.3 Å². The predicted molar refractivity (Wildman–Crippen MR) is 207 cm³/mol. The summed E-state index contributed by atoms with van der Waals surface area (Å²) < 4.78 is 37.6. The normalized spacial score (nSPS) is 16.5. The Kier molecular flexibility index (Phi) is 9.68. The number of thiophene rings is 1. The van der Waals surface area contributed by atoms with Crippen LogP contribution in [0.4, 0.5) is 26.0 Å². The minimum Gasteiger partial charge on any atom is -0.490 e. The number of anilines is 3. The lowest BCUT2D eigenvalue weighted by molar-refractivity contribution is -0.0299. The van der Waals surface area contributed by atoms with Gasteiger partial charge in [0, 0.05) is 49.2 Å². The van der Waals surface area contributed by atoms with Crippen LogP contribution >= 0.6 is 11.3 Å². The topological polar surface area (TPSA) is 183 Å². The number of hydrogen-bond acceptors (Lipinski definition) is 13. The van der Waals surface area contributed by atoms with Crippen LogP contribution in [0.3, 0.4) is 0 Å². The van der Waals surface area contributed by atoms with Crippen molar-refractivity contribution in [3.63, 3.8) is 0 Å². The molecule has 284 valence electrons. The van der Waals surface area contributed by atoms with E-state index in [0.29, 0.717) is 71.4 Å². The minimum absolute atomic E-state index is 0.0255. The van der Waals surface area contributed by atoms with E-state index in [1.807, 2.05) is 59.5 Å². The summed E-state index contributed by atoms with van der Waals surface area (Å²) in [5.41, 5.74) is 14.0. The van der Waals surface area contributed by atoms with Gasteiger partial charge in [0.15, 0.2) is 5.82 Å². The molecular formula is C38H39F2N11O3S. The van der Waals surface area contributed by atoms with Gasteiger partial charge in [0.25, 0.3) is 5.56 Å². The number of likely N-dealkylation sites (tertiary alicyclic amines) is 1. The zero-order valence-electron chi connectivity index (χ0n) is 29.6. The van der Waals surface area contributed by atoms with Crippen LogP contribution in [0.1, 0.15) is 23.3 Å². The number of β-amino-alcohol motifs (C(OH)–C–C–N with tert-alkyl or cyclic N) is 1. The fraction of sp³-hybridized carbons (Fsp3) is 0.263. The molecule has 1 atom stereocenters. The summed E-state index contributed by atoms with van der Waals surface area (Å²) in [5.74, 6) is 5.57. The van der Waals surface area contributed by atoms with E-state index in [-0.39, 0.29) is 30.5 Å². The van der Waals surface area contributed by atoms with E-state index in [0.717, 1.165) is 23.5 Å². The standard InChI is InChI=1S/C38H39F2N11O3S/c39-24-6-8-28(29(40)16-24)38(53,21-48-23-44-22-45-48)20-47-12-10-26(11-13-47)50(43)19-30(41)34-18-32-36(55-34)46-35(42)37(52)51(32)27-7-9-33-31(17-27)49(14-15-54-33)25-4-2-1-3-5-25/h1-9,16-19,22-23,26,53H,10-15,20-21,41,43H2,(H2,42,46)/b30-19-. The van der Waals surface area contributed by atoms with Crippen molar-refractivity contribution in [1.29, 1.82) is 0 Å². The zero-order valence-corrected chi connectivity index (χ0v) is 30.4. The number of aliphatic hydroxyl groups is 1. The van der Waals surface area contributed by atoms with Crippen LogP contribution in [-0.2, 0) is 12.1 Å². The van der Waals surface area contributed by atoms with Gasteiger partial charge in [-0.15, -0.1) is 11.3 Å². The van der Waals surface area contributed by atoms with Gasteiger partial charge in [-0.1, -0.05) is 24.3 Å². The van der Waals surface area contributed by atoms with E-state index in [1.165, 1.54) is 34.7 Å². The molecule has 0 spiro atoms. The van der Waals surface area contributed by atoms with Crippen LogP contribution in [0, 0.1) is 11.6 Å². The van der Waals surface area contributed by atoms with Crippen LogP contribution in [0.25, 0.3) is 21.7 Å². The molecule has 55 heavy (non-hydrogen) atoms. The van der Waals surface area contributed by atoms with Gasteiger partial charge < -0.3 is 31.2 Å². The van der Waals surface area contributed by atoms with Crippen LogP contribution in [0.5, 0.6) is 5.75 Å². The number of nitrogens with two attached hydrogens (primary N) is 3. The fourth-order valence-electron chi connectivity index (χ4n) is 7.36. The molecule has 14 nitrogen and oxygen atoms in total. The summed E-state index contributed by atoms with van der Waals surface area (Å²) in [5, 5.41) is 17.5. The van der Waals surface area contributed by atoms with Crippen LogP contribution < -0.4 is 32.5 Å². The molecule has 0 bridgehead atoms. The summed E-state index contributed by atoms with van der Waals surface area (Å²) in [6, 6.07) is 20.5. The van der Waals surface area contributed by atoms with Gasteiger partial charge in [0.2, 0.25) is 0 Å². The fourth-order valence-corrected chi connectivity index (χ4v) is 8.31. The molecule has 5 heterocycles. The Bertz CT molecular complexity index is 2420. The van der Waals surface area contributed by atoms with Crippen molar-refractivity contribution in [3.05, 3.63) is 124 Å². The second-order valence-corrected chi connectivity index (χ2v) is 14.7. The Morgan fingerprint density at radius 3 is 2.58 bits per heavy atom. The quantitative estimate of drug-likeness (QED) is 0.117. The Labute approximate surface area is 318 Å². The first-order valence-electron chi connectivity index (χ1n) is 17.7. The number of fused-ring (bicyclic) bond motifs is 2. The highest BCUT2D eigenvalue weighted by Gasteiger charge is 2.37. The second-order valence-electron chi connectivity index (χ2n) is 13.7. The van der Waals surface area contributed by atoms with Gasteiger partial charge in [0.1, 0.15) is 47.1 Å². The van der Waals surface area contributed by atoms with E-state index in [9.17, 15) is 18.7 Å². The molecule has 6 aromatic rings. The predicted octanol–water partition coefficient (Wildman–Crippen LogP) is 3.91. The highest BCUT2D eigenvalue weighted by Crippen LogP contribution is 2.39. The molecule has 8 rings (SSSR count). The molecule has 1 fully saturated rings. The van der Waals surface area contributed by atoms with Gasteiger partial charge in [-0.05, 0) is 55.3 Å². The summed E-state index contributed by atoms with van der Waals surface area (Å²) in [7, 11) is 0. The number of hydrogen-bond donors (Lipinski definition) is 4. The van der Waals surface area contributed by atoms with E-state index in [4.69, 9.17) is 22.0 Å². The number of nitrogens with zero attached hydrogens (tertiary/aromatic N) is 8. The van der Waals surface area contributed by atoms with E-state index >= 15 is 0 Å². The molecule has 2 aliphatic heterocycles. The minimum atomic E-state index is -1.71. The Morgan fingerprint density at radius 1 is 1.04 bits per heavy atom. The number of piperidine rings is 1. The molecule has 17 heteroatoms. The van der Waals surface area contributed by atoms with Crippen molar-refractivity contribution in [2.24, 2.45) is 11.6 Å². The number of ether oxygens (including phenoxy) is 1. The van der Waals surface area contributed by atoms with Crippen molar-refractivity contribution in [2.75, 3.05) is 43.4 Å². The molecule has 2 aliphatic rings. The van der Waals surface area contributed by atoms with Gasteiger partial charge in [-0.25, -0.2) is 29.3 Å². The third kappa shape index (κ3) is 7.21. The molecule has 0 radical (unpaired) electrons. The smallest absolute Gasteiger partial charge is 0.298 e. The maximum atomic E-state index is 15.0. The Hall–Kier alpha value is -5.88. The van der Waals surface area contributed by atoms with Gasteiger partial charge in [-0.2, -0.15) is 5.10 Å². The number of rotatable bonds is 10. The molecule has 1 saturated heterocycles. The first-order chi connectivity index (χ1) is 26.6. The van der Waals surface area contributed by atoms with Crippen LogP contribution in [0.15, 0.2) is 96.4 Å². The summed E-state index contributed by atoms with van der Waals surface area (Å²) >= 11 is 1.30. The second kappa shape index (κ2) is 14.7. The monoisotopic (exact) mass is 767 g/mol. The average molecular weight is 768 g/mol. The summed E-state index contributed by atoms with van der Waals surface area (Å²) in [4.78, 5) is 27.3. The lowest BCUT2D eigenvalue weighted by atomic mass is 9.91. The molecule has 0 saturated carbocycles. The molecule has 3 aromatic carbocycles. The molecule has 3 aromatic heterocycles. The number of halogens is 2. The Balaban J connectivity index is 1.00. The van der Waals surface area contributed by atoms with Crippen molar-refractivity contribution in [3.8, 4) is 11.4 Å². The van der Waals surface area contributed by atoms with Crippen molar-refractivity contribution in [2.45, 2.75) is 31.0 Å². The number of nitrogen functional groups attached to an aromatic ring is 1. The molecule has 1 unspecified atom stereocenters. The van der Waals surface area contributed by atoms with E-state index in [1.54, 1.807) is 15.8 Å². The van der Waals surface area contributed by atoms with Gasteiger partial charge >= 0.3 is 0 Å².